The lowest BCUT2D eigenvalue weighted by atomic mass is 10.3. The van der Waals surface area contributed by atoms with E-state index in [-0.39, 0.29) is 30.1 Å². The SMILES string of the molecule is N#Cc1nccnc1OC1CCN(C(=O)Cn2cccn2)C1. The van der Waals surface area contributed by atoms with Gasteiger partial charge in [0, 0.05) is 37.8 Å². The van der Waals surface area contributed by atoms with Crippen LogP contribution in [0.25, 0.3) is 0 Å². The third-order valence-corrected chi connectivity index (χ3v) is 3.40. The number of hydrogen-bond acceptors (Lipinski definition) is 6. The molecule has 0 bridgehead atoms. The van der Waals surface area contributed by atoms with E-state index in [9.17, 15) is 4.79 Å². The van der Waals surface area contributed by atoms with Gasteiger partial charge in [-0.2, -0.15) is 10.4 Å². The Labute approximate surface area is 127 Å². The molecule has 3 heterocycles. The van der Waals surface area contributed by atoms with Crippen molar-refractivity contribution in [3.63, 3.8) is 0 Å². The van der Waals surface area contributed by atoms with Crippen molar-refractivity contribution in [2.45, 2.75) is 19.1 Å². The van der Waals surface area contributed by atoms with Crippen molar-refractivity contribution >= 4 is 5.91 Å². The predicted octanol–water partition coefficient (Wildman–Crippen LogP) is 0.225. The third kappa shape index (κ3) is 3.03. The van der Waals surface area contributed by atoms with Crippen LogP contribution in [0.5, 0.6) is 5.88 Å². The normalized spacial score (nSPS) is 17.2. The Balaban J connectivity index is 1.58. The number of carbonyl (C=O) groups excluding carboxylic acids is 1. The zero-order valence-electron chi connectivity index (χ0n) is 11.8. The van der Waals surface area contributed by atoms with Crippen LogP contribution in [-0.4, -0.2) is 49.7 Å². The topological polar surface area (TPSA) is 96.9 Å². The number of hydrogen-bond donors (Lipinski definition) is 0. The zero-order chi connectivity index (χ0) is 15.4. The number of aromatic nitrogens is 4. The molecule has 2 aromatic heterocycles. The molecule has 1 atom stereocenters. The highest BCUT2D eigenvalue weighted by Gasteiger charge is 2.28. The van der Waals surface area contributed by atoms with Crippen LogP contribution in [-0.2, 0) is 11.3 Å². The van der Waals surface area contributed by atoms with Crippen molar-refractivity contribution in [2.24, 2.45) is 0 Å². The lowest BCUT2D eigenvalue weighted by Gasteiger charge is -2.17. The van der Waals surface area contributed by atoms with Crippen molar-refractivity contribution < 1.29 is 9.53 Å². The molecule has 8 heteroatoms. The molecule has 3 rings (SSSR count). The average Bonchev–Trinajstić information content (AvgIpc) is 3.19. The Morgan fingerprint density at radius 3 is 3.05 bits per heavy atom. The average molecular weight is 298 g/mol. The van der Waals surface area contributed by atoms with Gasteiger partial charge in [-0.05, 0) is 6.07 Å². The maximum Gasteiger partial charge on any atom is 0.251 e. The minimum absolute atomic E-state index is 0.00514. The molecule has 2 aromatic rings. The van der Waals surface area contributed by atoms with Gasteiger partial charge in [0.2, 0.25) is 11.6 Å². The summed E-state index contributed by atoms with van der Waals surface area (Å²) in [6, 6.07) is 3.72. The second-order valence-corrected chi connectivity index (χ2v) is 4.89. The van der Waals surface area contributed by atoms with Crippen LogP contribution in [0.3, 0.4) is 0 Å². The third-order valence-electron chi connectivity index (χ3n) is 3.40. The van der Waals surface area contributed by atoms with E-state index in [1.165, 1.54) is 12.4 Å². The van der Waals surface area contributed by atoms with E-state index in [1.54, 1.807) is 28.0 Å². The predicted molar refractivity (Wildman–Crippen MR) is 74.6 cm³/mol. The van der Waals surface area contributed by atoms with Crippen LogP contribution in [0.2, 0.25) is 0 Å². The second kappa shape index (κ2) is 6.22. The molecule has 0 N–H and O–H groups in total. The summed E-state index contributed by atoms with van der Waals surface area (Å²) >= 11 is 0. The highest BCUT2D eigenvalue weighted by Crippen LogP contribution is 2.18. The van der Waals surface area contributed by atoms with Crippen molar-refractivity contribution in [1.82, 2.24) is 24.6 Å². The molecular weight excluding hydrogens is 284 g/mol. The summed E-state index contributed by atoms with van der Waals surface area (Å²) in [7, 11) is 0. The molecule has 1 unspecified atom stereocenters. The highest BCUT2D eigenvalue weighted by atomic mass is 16.5. The zero-order valence-corrected chi connectivity index (χ0v) is 11.8. The van der Waals surface area contributed by atoms with Crippen molar-refractivity contribution in [2.75, 3.05) is 13.1 Å². The maximum atomic E-state index is 12.2. The minimum atomic E-state index is -0.176. The molecule has 0 aromatic carbocycles. The summed E-state index contributed by atoms with van der Waals surface area (Å²) in [5, 5.41) is 13.0. The van der Waals surface area contributed by atoms with E-state index in [1.807, 2.05) is 6.07 Å². The molecule has 112 valence electrons. The Kier molecular flexibility index (Phi) is 3.96. The van der Waals surface area contributed by atoms with Gasteiger partial charge < -0.3 is 9.64 Å². The molecule has 0 spiro atoms. The molecule has 0 radical (unpaired) electrons. The molecule has 1 aliphatic heterocycles. The van der Waals surface area contributed by atoms with Gasteiger partial charge in [0.15, 0.2) is 0 Å². The minimum Gasteiger partial charge on any atom is -0.470 e. The molecule has 1 fully saturated rings. The van der Waals surface area contributed by atoms with Crippen molar-refractivity contribution in [1.29, 1.82) is 5.26 Å². The first-order valence-electron chi connectivity index (χ1n) is 6.89. The molecule has 8 nitrogen and oxygen atoms in total. The van der Waals surface area contributed by atoms with E-state index in [0.29, 0.717) is 19.5 Å². The van der Waals surface area contributed by atoms with Gasteiger partial charge in [-0.3, -0.25) is 9.48 Å². The summed E-state index contributed by atoms with van der Waals surface area (Å²) < 4.78 is 7.29. The molecule has 0 aliphatic carbocycles. The largest absolute Gasteiger partial charge is 0.470 e. The van der Waals surface area contributed by atoms with Crippen LogP contribution in [0, 0.1) is 11.3 Å². The lowest BCUT2D eigenvalue weighted by molar-refractivity contribution is -0.131. The van der Waals surface area contributed by atoms with E-state index in [2.05, 4.69) is 15.1 Å². The van der Waals surface area contributed by atoms with Gasteiger partial charge in [0.05, 0.1) is 6.54 Å². The van der Waals surface area contributed by atoms with Crippen molar-refractivity contribution in [3.8, 4) is 11.9 Å². The van der Waals surface area contributed by atoms with Gasteiger partial charge in [0.1, 0.15) is 18.7 Å². The van der Waals surface area contributed by atoms with Crippen LogP contribution in [0.1, 0.15) is 12.1 Å². The van der Waals surface area contributed by atoms with Crippen LogP contribution >= 0.6 is 0 Å². The second-order valence-electron chi connectivity index (χ2n) is 4.89. The fraction of sp³-hybridized carbons (Fsp3) is 0.357. The van der Waals surface area contributed by atoms with Crippen LogP contribution in [0.4, 0.5) is 0 Å². The van der Waals surface area contributed by atoms with Gasteiger partial charge >= 0.3 is 0 Å². The Hall–Kier alpha value is -2.95. The van der Waals surface area contributed by atoms with E-state index in [4.69, 9.17) is 10.00 Å². The number of carbonyl (C=O) groups is 1. The smallest absolute Gasteiger partial charge is 0.251 e. The molecule has 0 saturated carbocycles. The van der Waals surface area contributed by atoms with E-state index in [0.717, 1.165) is 0 Å². The van der Waals surface area contributed by atoms with Crippen molar-refractivity contribution in [3.05, 3.63) is 36.5 Å². The molecule has 1 amide bonds. The fourth-order valence-corrected chi connectivity index (χ4v) is 2.33. The molecule has 1 aliphatic rings. The van der Waals surface area contributed by atoms with Gasteiger partial charge in [0.25, 0.3) is 5.88 Å². The quantitative estimate of drug-likeness (QED) is 0.801. The van der Waals surface area contributed by atoms with Crippen LogP contribution < -0.4 is 4.74 Å². The summed E-state index contributed by atoms with van der Waals surface area (Å²) in [4.78, 5) is 21.8. The Morgan fingerprint density at radius 1 is 1.41 bits per heavy atom. The summed E-state index contributed by atoms with van der Waals surface area (Å²) in [6.07, 6.45) is 6.84. The van der Waals surface area contributed by atoms with E-state index >= 15 is 0 Å². The first-order chi connectivity index (χ1) is 10.8. The van der Waals surface area contributed by atoms with Gasteiger partial charge in [-0.1, -0.05) is 0 Å². The number of nitriles is 1. The maximum absolute atomic E-state index is 12.2. The first kappa shape index (κ1) is 14.0. The Morgan fingerprint density at radius 2 is 2.27 bits per heavy atom. The summed E-state index contributed by atoms with van der Waals surface area (Å²) in [5.41, 5.74) is 0.156. The number of likely N-dealkylation sites (tertiary alicyclic amines) is 1. The van der Waals surface area contributed by atoms with Gasteiger partial charge in [-0.15, -0.1) is 0 Å². The lowest BCUT2D eigenvalue weighted by Crippen LogP contribution is -2.33. The number of ether oxygens (including phenoxy) is 1. The van der Waals surface area contributed by atoms with E-state index < -0.39 is 0 Å². The standard InChI is InChI=1S/C14H14N6O2/c15-8-12-14(17-5-4-16-12)22-11-2-7-19(9-11)13(21)10-20-6-1-3-18-20/h1,3-6,11H,2,7,9-10H2. The summed E-state index contributed by atoms with van der Waals surface area (Å²) in [5.74, 6) is 0.214. The monoisotopic (exact) mass is 298 g/mol. The number of rotatable bonds is 4. The number of nitrogens with zero attached hydrogens (tertiary/aromatic N) is 6. The fourth-order valence-electron chi connectivity index (χ4n) is 2.33. The molecule has 1 saturated heterocycles. The molecule has 22 heavy (non-hydrogen) atoms. The highest BCUT2D eigenvalue weighted by molar-refractivity contribution is 5.76. The van der Waals surface area contributed by atoms with Crippen LogP contribution in [0.15, 0.2) is 30.9 Å². The van der Waals surface area contributed by atoms with Gasteiger partial charge in [-0.25, -0.2) is 9.97 Å². The summed E-state index contributed by atoms with van der Waals surface area (Å²) in [6.45, 7) is 1.31. The number of amides is 1. The first-order valence-corrected chi connectivity index (χ1v) is 6.89. The Bertz CT molecular complexity index is 694. The molecular formula is C14H14N6O2.